The minimum atomic E-state index is -0.928. The van der Waals surface area contributed by atoms with Crippen molar-refractivity contribution in [3.63, 3.8) is 0 Å². The first-order valence-electron chi connectivity index (χ1n) is 7.62. The number of aromatic carboxylic acids is 1. The molecule has 1 aliphatic heterocycles. The molecule has 0 spiro atoms. The average Bonchev–Trinajstić information content (AvgIpc) is 2.59. The van der Waals surface area contributed by atoms with Crippen molar-refractivity contribution in [1.29, 1.82) is 0 Å². The van der Waals surface area contributed by atoms with E-state index < -0.39 is 5.97 Å². The number of rotatable bonds is 2. The fourth-order valence-electron chi connectivity index (χ4n) is 2.98. The Bertz CT molecular complexity index is 817. The molecule has 0 unspecified atom stereocenters. The Kier molecular flexibility index (Phi) is 4.02. The standard InChI is InChI=1S/C20H18O3/c1-3-13-17(4-2)23-18-12-8-7-11-16(18)19(13)14-9-5-6-10-15(14)20(21)22/h3-7,9-12H,8H2,1-2H3,(H,21,22)/b13-3+,17-4+. The minimum Gasteiger partial charge on any atom is -0.478 e. The maximum atomic E-state index is 11.6. The minimum absolute atomic E-state index is 0.296. The SMILES string of the molecule is C/C=C1/C(c2ccccc2C(=O)O)=C2C=CCC=C2O/C1=C/C. The molecule has 1 aromatic rings. The zero-order valence-corrected chi connectivity index (χ0v) is 13.2. The van der Waals surface area contributed by atoms with Crippen molar-refractivity contribution in [2.75, 3.05) is 0 Å². The van der Waals surface area contributed by atoms with Crippen LogP contribution in [0.4, 0.5) is 0 Å². The van der Waals surface area contributed by atoms with Gasteiger partial charge in [-0.2, -0.15) is 0 Å². The van der Waals surface area contributed by atoms with Gasteiger partial charge in [-0.15, -0.1) is 0 Å². The highest BCUT2D eigenvalue weighted by atomic mass is 16.5. The summed E-state index contributed by atoms with van der Waals surface area (Å²) in [7, 11) is 0. The molecule has 3 heteroatoms. The Morgan fingerprint density at radius 1 is 1.22 bits per heavy atom. The highest BCUT2D eigenvalue weighted by Gasteiger charge is 2.28. The lowest BCUT2D eigenvalue weighted by atomic mass is 9.84. The fraction of sp³-hybridized carbons (Fsp3) is 0.150. The van der Waals surface area contributed by atoms with Crippen LogP contribution in [0.25, 0.3) is 5.57 Å². The molecule has 0 amide bonds. The molecule has 1 aromatic carbocycles. The van der Waals surface area contributed by atoms with E-state index in [4.69, 9.17) is 4.74 Å². The van der Waals surface area contributed by atoms with Gasteiger partial charge in [-0.25, -0.2) is 4.79 Å². The van der Waals surface area contributed by atoms with Crippen molar-refractivity contribution < 1.29 is 14.6 Å². The second-order valence-corrected chi connectivity index (χ2v) is 5.30. The molecule has 0 radical (unpaired) electrons. The summed E-state index contributed by atoms with van der Waals surface area (Å²) in [5.74, 6) is 0.623. The summed E-state index contributed by atoms with van der Waals surface area (Å²) < 4.78 is 5.99. The lowest BCUT2D eigenvalue weighted by Gasteiger charge is -2.29. The average molecular weight is 306 g/mol. The van der Waals surface area contributed by atoms with E-state index in [0.717, 1.165) is 34.7 Å². The van der Waals surface area contributed by atoms with E-state index >= 15 is 0 Å². The van der Waals surface area contributed by atoms with Gasteiger partial charge < -0.3 is 9.84 Å². The van der Waals surface area contributed by atoms with E-state index in [1.165, 1.54) is 0 Å². The van der Waals surface area contributed by atoms with Crippen LogP contribution in [0.2, 0.25) is 0 Å². The van der Waals surface area contributed by atoms with E-state index in [-0.39, 0.29) is 0 Å². The first kappa shape index (κ1) is 15.1. The molecular weight excluding hydrogens is 288 g/mol. The van der Waals surface area contributed by atoms with Crippen LogP contribution in [0.3, 0.4) is 0 Å². The molecule has 0 saturated heterocycles. The van der Waals surface area contributed by atoms with Crippen LogP contribution in [0.5, 0.6) is 0 Å². The Morgan fingerprint density at radius 3 is 2.70 bits per heavy atom. The first-order valence-corrected chi connectivity index (χ1v) is 7.62. The summed E-state index contributed by atoms with van der Waals surface area (Å²) in [5, 5.41) is 9.55. The monoisotopic (exact) mass is 306 g/mol. The maximum absolute atomic E-state index is 11.6. The van der Waals surface area contributed by atoms with Gasteiger partial charge in [0.25, 0.3) is 0 Å². The van der Waals surface area contributed by atoms with Gasteiger partial charge in [0, 0.05) is 16.7 Å². The molecule has 0 bridgehead atoms. The van der Waals surface area contributed by atoms with Crippen LogP contribution in [-0.2, 0) is 4.74 Å². The van der Waals surface area contributed by atoms with Crippen LogP contribution >= 0.6 is 0 Å². The van der Waals surface area contributed by atoms with Crippen LogP contribution in [0.1, 0.15) is 36.2 Å². The van der Waals surface area contributed by atoms with Gasteiger partial charge in [0.1, 0.15) is 11.5 Å². The van der Waals surface area contributed by atoms with Crippen LogP contribution in [0, 0.1) is 0 Å². The second kappa shape index (κ2) is 6.13. The smallest absolute Gasteiger partial charge is 0.336 e. The van der Waals surface area contributed by atoms with Gasteiger partial charge in [0.05, 0.1) is 5.56 Å². The van der Waals surface area contributed by atoms with Crippen LogP contribution < -0.4 is 0 Å². The fourth-order valence-corrected chi connectivity index (χ4v) is 2.98. The molecule has 0 aromatic heterocycles. The molecule has 23 heavy (non-hydrogen) atoms. The topological polar surface area (TPSA) is 46.5 Å². The summed E-state index contributed by atoms with van der Waals surface area (Å²) in [5.41, 5.74) is 3.77. The molecule has 1 N–H and O–H groups in total. The highest BCUT2D eigenvalue weighted by Crippen LogP contribution is 2.43. The third kappa shape index (κ3) is 2.55. The van der Waals surface area contributed by atoms with Crippen molar-refractivity contribution in [3.05, 3.63) is 88.4 Å². The van der Waals surface area contributed by atoms with E-state index in [2.05, 4.69) is 6.08 Å². The van der Waals surface area contributed by atoms with E-state index in [1.54, 1.807) is 12.1 Å². The number of ether oxygens (including phenoxy) is 1. The lowest BCUT2D eigenvalue weighted by Crippen LogP contribution is -2.13. The van der Waals surface area contributed by atoms with Crippen LogP contribution in [-0.4, -0.2) is 11.1 Å². The molecule has 2 aliphatic rings. The normalized spacial score (nSPS) is 20.3. The molecule has 1 aliphatic carbocycles. The molecule has 0 fully saturated rings. The van der Waals surface area contributed by atoms with E-state index in [0.29, 0.717) is 11.1 Å². The number of hydrogen-bond donors (Lipinski definition) is 1. The Morgan fingerprint density at radius 2 is 2.00 bits per heavy atom. The number of allylic oxidation sites excluding steroid dienone is 6. The number of hydrogen-bond acceptors (Lipinski definition) is 2. The molecule has 0 saturated carbocycles. The molecule has 116 valence electrons. The predicted molar refractivity (Wildman–Crippen MR) is 90.8 cm³/mol. The van der Waals surface area contributed by atoms with Gasteiger partial charge in [-0.3, -0.25) is 0 Å². The summed E-state index contributed by atoms with van der Waals surface area (Å²) in [4.78, 5) is 11.6. The Hall–Kier alpha value is -2.81. The lowest BCUT2D eigenvalue weighted by molar-refractivity contribution is 0.0696. The van der Waals surface area contributed by atoms with Crippen molar-refractivity contribution in [2.24, 2.45) is 0 Å². The molecular formula is C20H18O3. The third-order valence-corrected chi connectivity index (χ3v) is 3.99. The number of carboxylic acids is 1. The third-order valence-electron chi connectivity index (χ3n) is 3.99. The summed E-state index contributed by atoms with van der Waals surface area (Å²) in [6.07, 6.45) is 10.8. The molecule has 1 heterocycles. The maximum Gasteiger partial charge on any atom is 0.336 e. The van der Waals surface area contributed by atoms with Crippen molar-refractivity contribution in [3.8, 4) is 0 Å². The van der Waals surface area contributed by atoms with Gasteiger partial charge >= 0.3 is 5.97 Å². The van der Waals surface area contributed by atoms with Gasteiger partial charge in [0.15, 0.2) is 0 Å². The number of carbonyl (C=O) groups is 1. The summed E-state index contributed by atoms with van der Waals surface area (Å²) >= 11 is 0. The summed E-state index contributed by atoms with van der Waals surface area (Å²) in [6, 6.07) is 7.10. The Labute approximate surface area is 135 Å². The van der Waals surface area contributed by atoms with E-state index in [1.807, 2.05) is 50.3 Å². The number of benzene rings is 1. The van der Waals surface area contributed by atoms with Gasteiger partial charge in [-0.05, 0) is 44.1 Å². The van der Waals surface area contributed by atoms with Crippen molar-refractivity contribution >= 4 is 11.5 Å². The largest absolute Gasteiger partial charge is 0.478 e. The Balaban J connectivity index is 2.35. The van der Waals surface area contributed by atoms with Gasteiger partial charge in [-0.1, -0.05) is 36.4 Å². The van der Waals surface area contributed by atoms with Crippen LogP contribution in [0.15, 0.2) is 77.3 Å². The molecule has 3 rings (SSSR count). The first-order chi connectivity index (χ1) is 11.2. The highest BCUT2D eigenvalue weighted by molar-refractivity contribution is 6.00. The number of fused-ring (bicyclic) bond motifs is 1. The van der Waals surface area contributed by atoms with Crippen molar-refractivity contribution in [1.82, 2.24) is 0 Å². The zero-order valence-electron chi connectivity index (χ0n) is 13.2. The predicted octanol–water partition coefficient (Wildman–Crippen LogP) is 4.86. The quantitative estimate of drug-likeness (QED) is 0.848. The van der Waals surface area contributed by atoms with Gasteiger partial charge in [0.2, 0.25) is 0 Å². The van der Waals surface area contributed by atoms with E-state index in [9.17, 15) is 9.90 Å². The molecule has 0 atom stereocenters. The second-order valence-electron chi connectivity index (χ2n) is 5.30. The summed E-state index contributed by atoms with van der Waals surface area (Å²) in [6.45, 7) is 3.86. The van der Waals surface area contributed by atoms with Crippen molar-refractivity contribution in [2.45, 2.75) is 20.3 Å². The molecule has 3 nitrogen and oxygen atoms in total. The number of carboxylic acid groups (broad SMARTS) is 1. The zero-order chi connectivity index (χ0) is 16.4.